The molecule has 0 fully saturated rings. The van der Waals surface area contributed by atoms with Gasteiger partial charge in [0.2, 0.25) is 0 Å². The molecule has 0 radical (unpaired) electrons. The second-order valence-corrected chi connectivity index (χ2v) is 3.09. The summed E-state index contributed by atoms with van der Waals surface area (Å²) in [6.07, 6.45) is -0.667. The van der Waals surface area contributed by atoms with E-state index in [0.29, 0.717) is 13.2 Å². The summed E-state index contributed by atoms with van der Waals surface area (Å²) in [6.45, 7) is 0.983. The van der Waals surface area contributed by atoms with E-state index in [-0.39, 0.29) is 19.0 Å². The smallest absolute Gasteiger partial charge is 0.314 e. The summed E-state index contributed by atoms with van der Waals surface area (Å²) in [6, 6.07) is -0.371. The maximum absolute atomic E-state index is 11.1. The van der Waals surface area contributed by atoms with Crippen molar-refractivity contribution < 1.29 is 24.2 Å². The summed E-state index contributed by atoms with van der Waals surface area (Å²) in [5, 5.41) is 13.6. The van der Waals surface area contributed by atoms with Crippen LogP contribution in [0.15, 0.2) is 0 Å². The summed E-state index contributed by atoms with van der Waals surface area (Å²) in [5.41, 5.74) is 0. The number of urea groups is 1. The number of aliphatic carboxylic acids is 1. The Morgan fingerprint density at radius 2 is 2.00 bits per heavy atom. The maximum Gasteiger partial charge on any atom is 0.314 e. The molecular weight excluding hydrogens is 216 g/mol. The number of carbonyl (C=O) groups is 2. The zero-order chi connectivity index (χ0) is 12.4. The van der Waals surface area contributed by atoms with Crippen LogP contribution in [0.2, 0.25) is 0 Å². The number of carboxylic acid groups (broad SMARTS) is 1. The fraction of sp³-hybridized carbons (Fsp3) is 0.778. The molecule has 0 aliphatic rings. The number of rotatable bonds is 8. The van der Waals surface area contributed by atoms with E-state index >= 15 is 0 Å². The molecule has 7 nitrogen and oxygen atoms in total. The lowest BCUT2D eigenvalue weighted by atomic mass is 10.2. The van der Waals surface area contributed by atoms with Crippen LogP contribution >= 0.6 is 0 Å². The SMILES string of the molecule is COCCNC(=O)NCC(CC(=O)O)OC. The summed E-state index contributed by atoms with van der Waals surface area (Å²) in [7, 11) is 2.94. The molecular formula is C9H18N2O5. The van der Waals surface area contributed by atoms with Crippen LogP contribution in [0.5, 0.6) is 0 Å². The van der Waals surface area contributed by atoms with Crippen LogP contribution in [0.4, 0.5) is 4.79 Å². The molecule has 2 amide bonds. The molecule has 1 atom stereocenters. The molecule has 3 N–H and O–H groups in total. The number of nitrogens with one attached hydrogen (secondary N) is 2. The van der Waals surface area contributed by atoms with Crippen molar-refractivity contribution in [3.05, 3.63) is 0 Å². The van der Waals surface area contributed by atoms with Gasteiger partial charge in [0.05, 0.1) is 19.1 Å². The molecule has 0 spiro atoms. The lowest BCUT2D eigenvalue weighted by Gasteiger charge is -2.14. The van der Waals surface area contributed by atoms with Crippen LogP contribution in [0.3, 0.4) is 0 Å². The van der Waals surface area contributed by atoms with Gasteiger partial charge in [0.15, 0.2) is 0 Å². The van der Waals surface area contributed by atoms with Crippen molar-refractivity contribution in [3.63, 3.8) is 0 Å². The minimum absolute atomic E-state index is 0.144. The predicted molar refractivity (Wildman–Crippen MR) is 56.3 cm³/mol. The molecule has 0 aliphatic carbocycles. The van der Waals surface area contributed by atoms with Crippen molar-refractivity contribution in [2.24, 2.45) is 0 Å². The van der Waals surface area contributed by atoms with Gasteiger partial charge < -0.3 is 25.2 Å². The number of ether oxygens (including phenoxy) is 2. The monoisotopic (exact) mass is 234 g/mol. The Balaban J connectivity index is 3.66. The molecule has 0 rings (SSSR count). The maximum atomic E-state index is 11.1. The summed E-state index contributed by atoms with van der Waals surface area (Å²) < 4.78 is 9.64. The second kappa shape index (κ2) is 8.93. The molecule has 7 heteroatoms. The highest BCUT2D eigenvalue weighted by Gasteiger charge is 2.12. The third-order valence-corrected chi connectivity index (χ3v) is 1.82. The fourth-order valence-electron chi connectivity index (χ4n) is 0.969. The first-order valence-corrected chi connectivity index (χ1v) is 4.85. The normalized spacial score (nSPS) is 11.9. The van der Waals surface area contributed by atoms with Gasteiger partial charge in [0.25, 0.3) is 0 Å². The van der Waals surface area contributed by atoms with Gasteiger partial charge in [-0.3, -0.25) is 4.79 Å². The predicted octanol–water partition coefficient (Wildman–Crippen LogP) is -0.578. The van der Waals surface area contributed by atoms with E-state index in [2.05, 4.69) is 10.6 Å². The first-order chi connectivity index (χ1) is 7.60. The Bertz CT molecular complexity index is 222. The van der Waals surface area contributed by atoms with E-state index in [1.807, 2.05) is 0 Å². The number of methoxy groups -OCH3 is 2. The Morgan fingerprint density at radius 3 is 2.50 bits per heavy atom. The molecule has 94 valence electrons. The van der Waals surface area contributed by atoms with Crippen LogP contribution < -0.4 is 10.6 Å². The van der Waals surface area contributed by atoms with Crippen molar-refractivity contribution in [1.29, 1.82) is 0 Å². The minimum Gasteiger partial charge on any atom is -0.481 e. The van der Waals surface area contributed by atoms with Gasteiger partial charge in [0, 0.05) is 27.3 Å². The van der Waals surface area contributed by atoms with E-state index in [0.717, 1.165) is 0 Å². The van der Waals surface area contributed by atoms with E-state index < -0.39 is 12.1 Å². The fourth-order valence-corrected chi connectivity index (χ4v) is 0.969. The lowest BCUT2D eigenvalue weighted by molar-refractivity contribution is -0.139. The van der Waals surface area contributed by atoms with Crippen LogP contribution in [0.25, 0.3) is 0 Å². The van der Waals surface area contributed by atoms with Gasteiger partial charge in [0.1, 0.15) is 0 Å². The van der Waals surface area contributed by atoms with Crippen molar-refractivity contribution >= 4 is 12.0 Å². The molecule has 0 heterocycles. The Kier molecular flexibility index (Phi) is 8.18. The molecule has 0 bridgehead atoms. The van der Waals surface area contributed by atoms with Gasteiger partial charge in [-0.15, -0.1) is 0 Å². The van der Waals surface area contributed by atoms with E-state index in [9.17, 15) is 9.59 Å². The quantitative estimate of drug-likeness (QED) is 0.488. The Hall–Kier alpha value is -1.34. The average molecular weight is 234 g/mol. The van der Waals surface area contributed by atoms with Crippen LogP contribution in [0, 0.1) is 0 Å². The summed E-state index contributed by atoms with van der Waals surface area (Å²) in [4.78, 5) is 21.5. The van der Waals surface area contributed by atoms with Crippen molar-refractivity contribution in [2.45, 2.75) is 12.5 Å². The molecule has 0 aromatic rings. The highest BCUT2D eigenvalue weighted by molar-refractivity contribution is 5.74. The zero-order valence-electron chi connectivity index (χ0n) is 9.49. The number of carbonyl (C=O) groups excluding carboxylic acids is 1. The van der Waals surface area contributed by atoms with Crippen molar-refractivity contribution in [2.75, 3.05) is 33.9 Å². The number of hydrogen-bond acceptors (Lipinski definition) is 4. The third kappa shape index (κ3) is 8.01. The van der Waals surface area contributed by atoms with Gasteiger partial charge >= 0.3 is 12.0 Å². The third-order valence-electron chi connectivity index (χ3n) is 1.82. The molecule has 0 saturated carbocycles. The molecule has 0 aliphatic heterocycles. The largest absolute Gasteiger partial charge is 0.481 e. The lowest BCUT2D eigenvalue weighted by Crippen LogP contribution is -2.41. The van der Waals surface area contributed by atoms with Crippen LogP contribution in [0.1, 0.15) is 6.42 Å². The number of hydrogen-bond donors (Lipinski definition) is 3. The van der Waals surface area contributed by atoms with Crippen LogP contribution in [-0.2, 0) is 14.3 Å². The topological polar surface area (TPSA) is 96.9 Å². The molecule has 0 saturated heterocycles. The standard InChI is InChI=1S/C9H18N2O5/c1-15-4-3-10-9(14)11-6-7(16-2)5-8(12)13/h7H,3-6H2,1-2H3,(H,12,13)(H2,10,11,14). The van der Waals surface area contributed by atoms with Gasteiger partial charge in [-0.2, -0.15) is 0 Å². The van der Waals surface area contributed by atoms with Gasteiger partial charge in [-0.25, -0.2) is 4.79 Å². The van der Waals surface area contributed by atoms with Gasteiger partial charge in [-0.05, 0) is 0 Å². The van der Waals surface area contributed by atoms with Gasteiger partial charge in [-0.1, -0.05) is 0 Å². The van der Waals surface area contributed by atoms with E-state index in [1.54, 1.807) is 0 Å². The van der Waals surface area contributed by atoms with Crippen molar-refractivity contribution in [1.82, 2.24) is 10.6 Å². The highest BCUT2D eigenvalue weighted by Crippen LogP contribution is 1.94. The Labute approximate surface area is 94.1 Å². The first-order valence-electron chi connectivity index (χ1n) is 4.85. The molecule has 1 unspecified atom stereocenters. The molecule has 0 aromatic carbocycles. The number of amides is 2. The van der Waals surface area contributed by atoms with Crippen LogP contribution in [-0.4, -0.2) is 57.1 Å². The Morgan fingerprint density at radius 1 is 1.31 bits per heavy atom. The highest BCUT2D eigenvalue weighted by atomic mass is 16.5. The molecule has 16 heavy (non-hydrogen) atoms. The zero-order valence-corrected chi connectivity index (χ0v) is 9.49. The summed E-state index contributed by atoms with van der Waals surface area (Å²) in [5.74, 6) is -0.964. The molecule has 0 aromatic heterocycles. The number of carboxylic acids is 1. The first kappa shape index (κ1) is 14.7. The van der Waals surface area contributed by atoms with E-state index in [4.69, 9.17) is 14.6 Å². The van der Waals surface area contributed by atoms with E-state index in [1.165, 1.54) is 14.2 Å². The minimum atomic E-state index is -0.964. The average Bonchev–Trinajstić information content (AvgIpc) is 2.24. The van der Waals surface area contributed by atoms with Crippen molar-refractivity contribution in [3.8, 4) is 0 Å². The summed E-state index contributed by atoms with van der Waals surface area (Å²) >= 11 is 0. The second-order valence-electron chi connectivity index (χ2n) is 3.09.